The predicted molar refractivity (Wildman–Crippen MR) is 81.0 cm³/mol. The van der Waals surface area contributed by atoms with E-state index in [1.165, 1.54) is 7.11 Å². The van der Waals surface area contributed by atoms with Crippen molar-refractivity contribution in [2.75, 3.05) is 12.4 Å². The van der Waals surface area contributed by atoms with Crippen LogP contribution in [0.15, 0.2) is 48.5 Å². The third-order valence-corrected chi connectivity index (χ3v) is 3.51. The minimum absolute atomic E-state index is 0.218. The lowest BCUT2D eigenvalue weighted by atomic mass is 10.1. The zero-order valence-corrected chi connectivity index (χ0v) is 12.1. The van der Waals surface area contributed by atoms with Crippen molar-refractivity contribution in [3.05, 3.63) is 64.7 Å². The summed E-state index contributed by atoms with van der Waals surface area (Å²) in [5.41, 5.74) is 2.35. The second kappa shape index (κ2) is 6.55. The van der Waals surface area contributed by atoms with Gasteiger partial charge < -0.3 is 10.1 Å². The molecule has 1 amide bonds. The standard InChI is InChI=1S/C16H16ClNO2/c1-11-13(17)9-6-10-14(11)18-16(19)15(20-2)12-7-4-3-5-8-12/h3-10,15H,1-2H3,(H,18,19)/t15-/m0/s1. The van der Waals surface area contributed by atoms with E-state index in [9.17, 15) is 4.79 Å². The van der Waals surface area contributed by atoms with Gasteiger partial charge in [-0.3, -0.25) is 4.79 Å². The molecule has 0 aliphatic heterocycles. The van der Waals surface area contributed by atoms with Crippen LogP contribution in [0.4, 0.5) is 5.69 Å². The van der Waals surface area contributed by atoms with Gasteiger partial charge in [0.1, 0.15) is 0 Å². The number of nitrogens with one attached hydrogen (secondary N) is 1. The van der Waals surface area contributed by atoms with Gasteiger partial charge in [0.05, 0.1) is 0 Å². The molecule has 0 aromatic heterocycles. The average molecular weight is 290 g/mol. The Kier molecular flexibility index (Phi) is 4.77. The van der Waals surface area contributed by atoms with E-state index in [1.807, 2.05) is 43.3 Å². The Bertz CT molecular complexity index is 599. The number of rotatable bonds is 4. The number of amides is 1. The summed E-state index contributed by atoms with van der Waals surface area (Å²) in [5, 5.41) is 3.47. The number of halogens is 1. The first kappa shape index (κ1) is 14.6. The Balaban J connectivity index is 2.20. The SMILES string of the molecule is CO[C@H](C(=O)Nc1cccc(Cl)c1C)c1ccccc1. The number of ether oxygens (including phenoxy) is 1. The van der Waals surface area contributed by atoms with Gasteiger partial charge in [0.25, 0.3) is 5.91 Å². The van der Waals surface area contributed by atoms with Crippen molar-refractivity contribution < 1.29 is 9.53 Å². The van der Waals surface area contributed by atoms with Crippen LogP contribution >= 0.6 is 11.6 Å². The molecule has 0 unspecified atom stereocenters. The Hall–Kier alpha value is -1.84. The van der Waals surface area contributed by atoms with Crippen LogP contribution in [0.2, 0.25) is 5.02 Å². The van der Waals surface area contributed by atoms with E-state index in [1.54, 1.807) is 12.1 Å². The molecule has 0 saturated heterocycles. The van der Waals surface area contributed by atoms with Crippen LogP contribution in [0.25, 0.3) is 0 Å². The third-order valence-electron chi connectivity index (χ3n) is 3.10. The second-order valence-electron chi connectivity index (χ2n) is 4.43. The molecule has 0 radical (unpaired) electrons. The Morgan fingerprint density at radius 1 is 1.15 bits per heavy atom. The first-order valence-electron chi connectivity index (χ1n) is 6.27. The van der Waals surface area contributed by atoms with Gasteiger partial charge in [0.2, 0.25) is 0 Å². The van der Waals surface area contributed by atoms with Gasteiger partial charge in [-0.25, -0.2) is 0 Å². The van der Waals surface area contributed by atoms with E-state index < -0.39 is 6.10 Å². The monoisotopic (exact) mass is 289 g/mol. The van der Waals surface area contributed by atoms with Crippen LogP contribution in [0.3, 0.4) is 0 Å². The minimum Gasteiger partial charge on any atom is -0.367 e. The maximum atomic E-state index is 12.3. The maximum Gasteiger partial charge on any atom is 0.258 e. The molecule has 0 aliphatic rings. The molecule has 0 saturated carbocycles. The summed E-state index contributed by atoms with van der Waals surface area (Å²) >= 11 is 6.05. The molecule has 2 rings (SSSR count). The number of carbonyl (C=O) groups excluding carboxylic acids is 1. The van der Waals surface area contributed by atoms with Crippen molar-refractivity contribution in [3.63, 3.8) is 0 Å². The van der Waals surface area contributed by atoms with Crippen molar-refractivity contribution in [3.8, 4) is 0 Å². The molecule has 0 spiro atoms. The number of hydrogen-bond acceptors (Lipinski definition) is 2. The Labute approximate surface area is 123 Å². The largest absolute Gasteiger partial charge is 0.367 e. The molecule has 0 bridgehead atoms. The quantitative estimate of drug-likeness (QED) is 0.925. The first-order chi connectivity index (χ1) is 9.63. The van der Waals surface area contributed by atoms with Crippen molar-refractivity contribution in [2.45, 2.75) is 13.0 Å². The summed E-state index contributed by atoms with van der Waals surface area (Å²) in [7, 11) is 1.52. The summed E-state index contributed by atoms with van der Waals surface area (Å²) in [6.07, 6.45) is -0.644. The van der Waals surface area contributed by atoms with Crippen LogP contribution in [-0.4, -0.2) is 13.0 Å². The highest BCUT2D eigenvalue weighted by atomic mass is 35.5. The predicted octanol–water partition coefficient (Wildman–Crippen LogP) is 3.97. The summed E-state index contributed by atoms with van der Waals surface area (Å²) in [4.78, 5) is 12.3. The van der Waals surface area contributed by atoms with Gasteiger partial charge in [-0.2, -0.15) is 0 Å². The average Bonchev–Trinajstić information content (AvgIpc) is 2.46. The van der Waals surface area contributed by atoms with E-state index >= 15 is 0 Å². The summed E-state index contributed by atoms with van der Waals surface area (Å²) < 4.78 is 5.30. The number of benzene rings is 2. The van der Waals surface area contributed by atoms with Gasteiger partial charge in [-0.05, 0) is 30.2 Å². The van der Waals surface area contributed by atoms with Crippen LogP contribution < -0.4 is 5.32 Å². The smallest absolute Gasteiger partial charge is 0.258 e. The lowest BCUT2D eigenvalue weighted by Crippen LogP contribution is -2.23. The molecule has 1 N–H and O–H groups in total. The highest BCUT2D eigenvalue weighted by molar-refractivity contribution is 6.31. The van der Waals surface area contributed by atoms with Gasteiger partial charge in [0.15, 0.2) is 6.10 Å². The van der Waals surface area contributed by atoms with Gasteiger partial charge in [-0.15, -0.1) is 0 Å². The third kappa shape index (κ3) is 3.18. The second-order valence-corrected chi connectivity index (χ2v) is 4.84. The highest BCUT2D eigenvalue weighted by Gasteiger charge is 2.20. The Morgan fingerprint density at radius 3 is 2.50 bits per heavy atom. The zero-order valence-electron chi connectivity index (χ0n) is 11.4. The molecule has 0 aliphatic carbocycles. The fraction of sp³-hybridized carbons (Fsp3) is 0.188. The number of methoxy groups -OCH3 is 1. The lowest BCUT2D eigenvalue weighted by Gasteiger charge is -2.17. The fourth-order valence-corrected chi connectivity index (χ4v) is 2.14. The molecule has 104 valence electrons. The molecule has 1 atom stereocenters. The molecule has 3 nitrogen and oxygen atoms in total. The molecular weight excluding hydrogens is 274 g/mol. The van der Waals surface area contributed by atoms with Crippen LogP contribution in [0, 0.1) is 6.92 Å². The maximum absolute atomic E-state index is 12.3. The molecule has 20 heavy (non-hydrogen) atoms. The van der Waals surface area contributed by atoms with Gasteiger partial charge in [-0.1, -0.05) is 48.0 Å². The van der Waals surface area contributed by atoms with E-state index in [0.29, 0.717) is 10.7 Å². The summed E-state index contributed by atoms with van der Waals surface area (Å²) in [6, 6.07) is 14.8. The number of anilines is 1. The van der Waals surface area contributed by atoms with E-state index in [-0.39, 0.29) is 5.91 Å². The van der Waals surface area contributed by atoms with E-state index in [2.05, 4.69) is 5.32 Å². The lowest BCUT2D eigenvalue weighted by molar-refractivity contribution is -0.126. The summed E-state index contributed by atoms with van der Waals surface area (Å²) in [5.74, 6) is -0.218. The molecular formula is C16H16ClNO2. The van der Waals surface area contributed by atoms with Crippen molar-refractivity contribution in [1.29, 1.82) is 0 Å². The number of carbonyl (C=O) groups is 1. The van der Waals surface area contributed by atoms with E-state index in [0.717, 1.165) is 11.1 Å². The van der Waals surface area contributed by atoms with Crippen LogP contribution in [0.1, 0.15) is 17.2 Å². The topological polar surface area (TPSA) is 38.3 Å². The molecule has 2 aromatic rings. The Morgan fingerprint density at radius 2 is 1.85 bits per heavy atom. The zero-order chi connectivity index (χ0) is 14.5. The summed E-state index contributed by atoms with van der Waals surface area (Å²) in [6.45, 7) is 1.86. The number of hydrogen-bond donors (Lipinski definition) is 1. The van der Waals surface area contributed by atoms with Crippen LogP contribution in [-0.2, 0) is 9.53 Å². The normalized spacial score (nSPS) is 11.9. The van der Waals surface area contributed by atoms with Crippen LogP contribution in [0.5, 0.6) is 0 Å². The molecule has 0 fully saturated rings. The molecule has 2 aromatic carbocycles. The van der Waals surface area contributed by atoms with Gasteiger partial charge in [0, 0.05) is 17.8 Å². The van der Waals surface area contributed by atoms with Gasteiger partial charge >= 0.3 is 0 Å². The highest BCUT2D eigenvalue weighted by Crippen LogP contribution is 2.25. The first-order valence-corrected chi connectivity index (χ1v) is 6.65. The molecule has 0 heterocycles. The van der Waals surface area contributed by atoms with Crippen molar-refractivity contribution >= 4 is 23.2 Å². The fourth-order valence-electron chi connectivity index (χ4n) is 1.96. The van der Waals surface area contributed by atoms with Crippen molar-refractivity contribution in [1.82, 2.24) is 0 Å². The molecule has 4 heteroatoms. The minimum atomic E-state index is -0.644. The van der Waals surface area contributed by atoms with E-state index in [4.69, 9.17) is 16.3 Å². The van der Waals surface area contributed by atoms with Crippen molar-refractivity contribution in [2.24, 2.45) is 0 Å².